The average Bonchev–Trinajstić information content (AvgIpc) is 3.41. The van der Waals surface area contributed by atoms with E-state index in [1.54, 1.807) is 37.6 Å². The van der Waals surface area contributed by atoms with E-state index in [-0.39, 0.29) is 12.1 Å². The number of hydrogen-bond donors (Lipinski definition) is 5. The molecule has 10 heteroatoms. The van der Waals surface area contributed by atoms with Crippen molar-refractivity contribution in [2.75, 3.05) is 19.0 Å². The minimum atomic E-state index is -0.805. The van der Waals surface area contributed by atoms with Crippen molar-refractivity contribution in [3.05, 3.63) is 69.2 Å². The second kappa shape index (κ2) is 8.13. The number of rotatable bonds is 6. The number of anilines is 1. The molecule has 0 aliphatic rings. The lowest BCUT2D eigenvalue weighted by atomic mass is 10.1. The third-order valence-electron chi connectivity index (χ3n) is 5.26. The van der Waals surface area contributed by atoms with Gasteiger partial charge in [-0.1, -0.05) is 6.07 Å². The third kappa shape index (κ3) is 3.63. The van der Waals surface area contributed by atoms with Crippen molar-refractivity contribution in [2.45, 2.75) is 6.10 Å². The van der Waals surface area contributed by atoms with Crippen LogP contribution in [0.5, 0.6) is 5.75 Å². The fraction of sp³-hybridized carbons (Fsp3) is 0.136. The van der Waals surface area contributed by atoms with E-state index >= 15 is 0 Å². The monoisotopic (exact) mass is 494 g/mol. The zero-order chi connectivity index (χ0) is 22.2. The first-order valence-electron chi connectivity index (χ1n) is 9.84. The van der Waals surface area contributed by atoms with Crippen LogP contribution >= 0.6 is 15.9 Å². The molecule has 0 spiro atoms. The third-order valence-corrected chi connectivity index (χ3v) is 5.88. The molecule has 0 radical (unpaired) electrons. The molecule has 0 saturated heterocycles. The second-order valence-electron chi connectivity index (χ2n) is 7.28. The number of nitrogens with zero attached hydrogens (tertiary/aromatic N) is 2. The van der Waals surface area contributed by atoms with Crippen molar-refractivity contribution < 1.29 is 9.84 Å². The zero-order valence-corrected chi connectivity index (χ0v) is 18.5. The number of halogens is 1. The fourth-order valence-electron chi connectivity index (χ4n) is 3.62. The Kier molecular flexibility index (Phi) is 5.16. The molecule has 1 atom stereocenters. The predicted octanol–water partition coefficient (Wildman–Crippen LogP) is 3.71. The van der Waals surface area contributed by atoms with Gasteiger partial charge in [-0.25, -0.2) is 9.97 Å². The molecule has 32 heavy (non-hydrogen) atoms. The number of H-pyrrole nitrogens is 3. The molecule has 162 valence electrons. The highest BCUT2D eigenvalue weighted by molar-refractivity contribution is 9.10. The first kappa shape index (κ1) is 20.3. The number of aromatic nitrogens is 5. The van der Waals surface area contributed by atoms with Crippen LogP contribution in [-0.4, -0.2) is 43.9 Å². The largest absolute Gasteiger partial charge is 0.496 e. The van der Waals surface area contributed by atoms with Crippen LogP contribution in [0, 0.1) is 0 Å². The van der Waals surface area contributed by atoms with Crippen molar-refractivity contribution in [3.63, 3.8) is 0 Å². The molecular formula is C22H19BrN6O3. The van der Waals surface area contributed by atoms with Gasteiger partial charge in [0, 0.05) is 24.3 Å². The van der Waals surface area contributed by atoms with Gasteiger partial charge >= 0.3 is 0 Å². The van der Waals surface area contributed by atoms with Crippen molar-refractivity contribution in [1.29, 1.82) is 0 Å². The van der Waals surface area contributed by atoms with E-state index in [9.17, 15) is 9.90 Å². The van der Waals surface area contributed by atoms with Crippen LogP contribution in [0.4, 0.5) is 5.69 Å². The lowest BCUT2D eigenvalue weighted by molar-refractivity contribution is 0.191. The smallest absolute Gasteiger partial charge is 0.261 e. The molecule has 5 rings (SSSR count). The Morgan fingerprint density at radius 3 is 2.78 bits per heavy atom. The fourth-order valence-corrected chi connectivity index (χ4v) is 4.18. The molecule has 0 unspecified atom stereocenters. The number of benzene rings is 2. The summed E-state index contributed by atoms with van der Waals surface area (Å²) in [5, 5.41) is 20.8. The Labute approximate surface area is 190 Å². The molecule has 5 N–H and O–H groups in total. The zero-order valence-electron chi connectivity index (χ0n) is 16.9. The summed E-state index contributed by atoms with van der Waals surface area (Å²) < 4.78 is 5.98. The predicted molar refractivity (Wildman–Crippen MR) is 126 cm³/mol. The number of pyridine rings is 1. The molecular weight excluding hydrogens is 476 g/mol. The van der Waals surface area contributed by atoms with Crippen LogP contribution in [-0.2, 0) is 0 Å². The number of aromatic amines is 3. The van der Waals surface area contributed by atoms with Gasteiger partial charge in [0.2, 0.25) is 0 Å². The standard InChI is InChI=1S/C22H19BrN6O3/c1-32-19-3-2-11(6-13(19)23)18(30)10-25-14-4-5-24-22(31)20(14)21-27-16-7-12-9-26-29-15(12)8-17(16)28-21/h2-9,18,26,29-30H,10H2,1H3,(H2,24,25,31)/t18-/m0/s1. The molecule has 0 amide bonds. The molecule has 9 nitrogen and oxygen atoms in total. The van der Waals surface area contributed by atoms with E-state index in [0.717, 1.165) is 15.4 Å². The number of methoxy groups -OCH3 is 1. The maximum Gasteiger partial charge on any atom is 0.261 e. The lowest BCUT2D eigenvalue weighted by Gasteiger charge is -2.15. The maximum atomic E-state index is 12.7. The quantitative estimate of drug-likeness (QED) is 0.244. The van der Waals surface area contributed by atoms with Gasteiger partial charge in [0.05, 0.1) is 39.9 Å². The summed E-state index contributed by atoms with van der Waals surface area (Å²) in [4.78, 5) is 24.5. The van der Waals surface area contributed by atoms with Crippen LogP contribution < -0.4 is 15.6 Å². The molecule has 3 aromatic heterocycles. The molecule has 3 heterocycles. The number of aliphatic hydroxyl groups is 1. The minimum absolute atomic E-state index is 0.189. The van der Waals surface area contributed by atoms with Crippen LogP contribution in [0.2, 0.25) is 0 Å². The van der Waals surface area contributed by atoms with Crippen molar-refractivity contribution in [3.8, 4) is 17.1 Å². The Morgan fingerprint density at radius 2 is 2.00 bits per heavy atom. The highest BCUT2D eigenvalue weighted by Crippen LogP contribution is 2.29. The number of nitrogens with one attached hydrogen (secondary N) is 4. The summed E-state index contributed by atoms with van der Waals surface area (Å²) in [6.45, 7) is 0.189. The Balaban J connectivity index is 1.45. The highest BCUT2D eigenvalue weighted by Gasteiger charge is 2.17. The SMILES string of the molecule is COc1ccc([C@@H](O)CNc2cc[nH]c(=O)c2-c2nc3cc4c[nH][nH]c4cc3n2)cc1Br. The molecule has 2 aromatic carbocycles. The van der Waals surface area contributed by atoms with Crippen molar-refractivity contribution >= 4 is 43.6 Å². The molecule has 5 aromatic rings. The summed E-state index contributed by atoms with van der Waals surface area (Å²) in [6, 6.07) is 10.9. The first-order chi connectivity index (χ1) is 15.5. The molecule has 0 fully saturated rings. The summed E-state index contributed by atoms with van der Waals surface area (Å²) in [7, 11) is 1.58. The van der Waals surface area contributed by atoms with Crippen molar-refractivity contribution in [1.82, 2.24) is 25.1 Å². The Hall–Kier alpha value is -3.63. The van der Waals surface area contributed by atoms with E-state index in [1.165, 1.54) is 0 Å². The normalized spacial score (nSPS) is 12.3. The van der Waals surface area contributed by atoms with Gasteiger partial charge in [-0.2, -0.15) is 0 Å². The van der Waals surface area contributed by atoms with Crippen LogP contribution in [0.3, 0.4) is 0 Å². The van der Waals surface area contributed by atoms with Crippen LogP contribution in [0.15, 0.2) is 58.1 Å². The van der Waals surface area contributed by atoms with E-state index in [2.05, 4.69) is 46.4 Å². The Morgan fingerprint density at radius 1 is 1.19 bits per heavy atom. The topological polar surface area (TPSA) is 132 Å². The van der Waals surface area contributed by atoms with Crippen molar-refractivity contribution in [2.24, 2.45) is 0 Å². The van der Waals surface area contributed by atoms with E-state index in [1.807, 2.05) is 18.3 Å². The Bertz CT molecular complexity index is 1440. The average molecular weight is 495 g/mol. The molecule has 0 saturated carbocycles. The number of imidazole rings is 1. The van der Waals surface area contributed by atoms with Gasteiger partial charge in [0.25, 0.3) is 5.56 Å². The lowest BCUT2D eigenvalue weighted by Crippen LogP contribution is -2.17. The first-order valence-corrected chi connectivity index (χ1v) is 10.6. The molecule has 0 aliphatic carbocycles. The maximum absolute atomic E-state index is 12.7. The number of hydrogen-bond acceptors (Lipinski definition) is 6. The van der Waals surface area contributed by atoms with Gasteiger partial charge in [0.1, 0.15) is 11.3 Å². The van der Waals surface area contributed by atoms with E-state index < -0.39 is 6.10 Å². The van der Waals surface area contributed by atoms with Gasteiger partial charge in [-0.15, -0.1) is 0 Å². The summed E-state index contributed by atoms with van der Waals surface area (Å²) in [5.41, 5.74) is 3.53. The number of aliphatic hydroxyl groups excluding tert-OH is 1. The number of fused-ring (bicyclic) bond motifs is 2. The highest BCUT2D eigenvalue weighted by atomic mass is 79.9. The summed E-state index contributed by atoms with van der Waals surface area (Å²) >= 11 is 3.43. The molecule has 0 bridgehead atoms. The van der Waals surface area contributed by atoms with Crippen LogP contribution in [0.1, 0.15) is 11.7 Å². The van der Waals surface area contributed by atoms with Gasteiger partial charge in [-0.3, -0.25) is 4.79 Å². The van der Waals surface area contributed by atoms with Gasteiger partial charge in [-0.05, 0) is 51.8 Å². The van der Waals surface area contributed by atoms with E-state index in [4.69, 9.17) is 4.74 Å². The van der Waals surface area contributed by atoms with E-state index in [0.29, 0.717) is 39.4 Å². The summed E-state index contributed by atoms with van der Waals surface area (Å²) in [5.74, 6) is 1.00. The van der Waals surface area contributed by atoms with Gasteiger partial charge in [0.15, 0.2) is 5.82 Å². The molecule has 0 aliphatic heterocycles. The minimum Gasteiger partial charge on any atom is -0.496 e. The summed E-state index contributed by atoms with van der Waals surface area (Å²) in [6.07, 6.45) is 2.58. The van der Waals surface area contributed by atoms with Gasteiger partial charge < -0.3 is 30.3 Å². The van der Waals surface area contributed by atoms with Crippen LogP contribution in [0.25, 0.3) is 33.3 Å². The second-order valence-corrected chi connectivity index (χ2v) is 8.13. The number of ether oxygens (including phenoxy) is 1.